The third-order valence-corrected chi connectivity index (χ3v) is 14.6. The Kier molecular flexibility index (Phi) is 27.2. The molecule has 464 valence electrons. The Balaban J connectivity index is 0.000000207. The molecule has 0 bridgehead atoms. The number of ether oxygens (including phenoxy) is 4. The number of pyridine rings is 3. The fourth-order valence-corrected chi connectivity index (χ4v) is 10.3. The van der Waals surface area contributed by atoms with Gasteiger partial charge in [0, 0.05) is 98.3 Å². The molecule has 0 radical (unpaired) electrons. The van der Waals surface area contributed by atoms with Crippen molar-refractivity contribution in [2.45, 2.75) is 41.5 Å². The van der Waals surface area contributed by atoms with Crippen LogP contribution in [-0.2, 0) is 4.74 Å². The zero-order chi connectivity index (χ0) is 64.4. The Hall–Kier alpha value is -9.06. The lowest BCUT2D eigenvalue weighted by Crippen LogP contribution is -2.45. The number of nitrogens with one attached hydrogen (secondary N) is 2. The maximum atomic E-state index is 14.0. The molecule has 2 fully saturated rings. The van der Waals surface area contributed by atoms with Gasteiger partial charge in [0.15, 0.2) is 0 Å². The third kappa shape index (κ3) is 17.8. The van der Waals surface area contributed by atoms with Crippen molar-refractivity contribution in [1.29, 1.82) is 15.8 Å². The highest BCUT2D eigenvalue weighted by molar-refractivity contribution is 6.32. The van der Waals surface area contributed by atoms with Gasteiger partial charge >= 0.3 is 0 Å². The number of piperazine rings is 1. The molecule has 19 heteroatoms. The first kappa shape index (κ1) is 69.0. The van der Waals surface area contributed by atoms with Gasteiger partial charge in [-0.25, -0.2) is 28.1 Å². The zero-order valence-corrected chi connectivity index (χ0v) is 53.0. The van der Waals surface area contributed by atoms with Crippen molar-refractivity contribution in [3.63, 3.8) is 0 Å². The molecule has 9 aromatic rings. The lowest BCUT2D eigenvalue weighted by Gasteiger charge is -2.32. The normalized spacial score (nSPS) is 12.9. The number of benzene rings is 6. The Morgan fingerprint density at radius 1 is 0.483 bits per heavy atom. The number of anilines is 2. The van der Waals surface area contributed by atoms with E-state index in [1.165, 1.54) is 36.4 Å². The first-order valence-electron chi connectivity index (χ1n) is 29.8. The van der Waals surface area contributed by atoms with Gasteiger partial charge in [0.05, 0.1) is 56.7 Å². The maximum absolute atomic E-state index is 14.0. The van der Waals surface area contributed by atoms with E-state index in [4.69, 9.17) is 35.5 Å². The molecule has 6 aromatic carbocycles. The second-order valence-corrected chi connectivity index (χ2v) is 19.9. The molecule has 0 amide bonds. The molecular weight excluding hydrogens is 1150 g/mol. The Labute approximate surface area is 525 Å². The molecule has 89 heavy (non-hydrogen) atoms. The van der Waals surface area contributed by atoms with E-state index in [0.717, 1.165) is 81.9 Å². The molecule has 0 saturated carbocycles. The van der Waals surface area contributed by atoms with Gasteiger partial charge in [-0.2, -0.15) is 15.8 Å². The summed E-state index contributed by atoms with van der Waals surface area (Å²) in [7, 11) is 6.87. The number of hydrogen-bond donors (Lipinski definition) is 2. The molecule has 2 N–H and O–H groups in total. The predicted molar refractivity (Wildman–Crippen MR) is 352 cm³/mol. The van der Waals surface area contributed by atoms with E-state index in [1.807, 2.05) is 84.0 Å². The van der Waals surface area contributed by atoms with Crippen molar-refractivity contribution in [2.24, 2.45) is 0 Å². The van der Waals surface area contributed by atoms with Crippen LogP contribution in [0.4, 0.5) is 24.8 Å². The summed E-state index contributed by atoms with van der Waals surface area (Å²) in [6.07, 6.45) is 0. The Morgan fingerprint density at radius 3 is 1.18 bits per heavy atom. The SMILES string of the molecule is CC.CC.CC.COc1ccc2nc(Cl)c(C#N)c(-c3cccc(F)c3)c2c1.COc1ccc2nc(NCCN3CCN(C)CC3)c(C#N)c(-c3cccc(F)c3)c2c1.COc1ccc2nc(NCCN3CCOCC3)c(C#N)c(-c3cccc(F)c3)c2c1. The van der Waals surface area contributed by atoms with Crippen molar-refractivity contribution in [2.75, 3.05) is 118 Å². The Bertz CT molecular complexity index is 3930. The van der Waals surface area contributed by atoms with E-state index >= 15 is 0 Å². The summed E-state index contributed by atoms with van der Waals surface area (Å²) in [4.78, 5) is 20.7. The monoisotopic (exact) mass is 1230 g/mol. The molecule has 0 atom stereocenters. The standard InChI is InChI=1S/C24H26FN5O.C23H23FN4O2.C17H10ClFN2O.3C2H6/c1-29-10-12-30(13-11-29)9-8-27-24-21(16-26)23(17-4-3-5-18(25)14-17)20-15-19(31-2)6-7-22(20)28-24;1-29-18-5-6-21-19(14-18)22(16-3-2-4-17(24)13-16)20(15-25)23(27-21)26-7-8-28-9-11-30-12-10-28;1-22-12-5-6-15-13(8-12)16(14(9-20)17(18)21-15)10-3-2-4-11(19)7-10;3*1-2/h3-7,14-15H,8-13H2,1-2H3,(H,27,28);2-6,13-14H,7-12H2,1H3,(H,26,27);2-8H,1H3;3*1-2H3. The number of nitriles is 3. The summed E-state index contributed by atoms with van der Waals surface area (Å²) in [5, 5.41) is 38.4. The second kappa shape index (κ2) is 35.1. The molecule has 3 aromatic heterocycles. The van der Waals surface area contributed by atoms with Crippen LogP contribution in [0.2, 0.25) is 5.15 Å². The van der Waals surface area contributed by atoms with Gasteiger partial charge in [-0.1, -0.05) is 89.5 Å². The molecule has 2 aliphatic rings. The van der Waals surface area contributed by atoms with Crippen molar-refractivity contribution >= 4 is 55.9 Å². The summed E-state index contributed by atoms with van der Waals surface area (Å²) < 4.78 is 62.9. The van der Waals surface area contributed by atoms with Crippen LogP contribution in [0.15, 0.2) is 127 Å². The van der Waals surface area contributed by atoms with E-state index in [0.29, 0.717) is 103 Å². The fraction of sp³-hybridized carbons (Fsp3) is 0.314. The minimum Gasteiger partial charge on any atom is -0.497 e. The topological polar surface area (TPSA) is 181 Å². The molecular formula is C70H77ClF3N11O4. The van der Waals surface area contributed by atoms with E-state index in [2.05, 4.69) is 60.6 Å². The number of halogens is 4. The fourth-order valence-electron chi connectivity index (χ4n) is 10.0. The number of nitrogens with zero attached hydrogens (tertiary/aromatic N) is 9. The summed E-state index contributed by atoms with van der Waals surface area (Å²) in [6, 6.07) is 41.6. The van der Waals surface area contributed by atoms with E-state index in [9.17, 15) is 29.0 Å². The van der Waals surface area contributed by atoms with Crippen molar-refractivity contribution < 1.29 is 32.1 Å². The molecule has 2 saturated heterocycles. The lowest BCUT2D eigenvalue weighted by atomic mass is 9.96. The van der Waals surface area contributed by atoms with Crippen molar-refractivity contribution in [1.82, 2.24) is 29.7 Å². The van der Waals surface area contributed by atoms with E-state index in [1.54, 1.807) is 69.9 Å². The summed E-state index contributed by atoms with van der Waals surface area (Å²) in [6.45, 7) is 22.5. The van der Waals surface area contributed by atoms with Crippen LogP contribution in [0.3, 0.4) is 0 Å². The number of likely N-dealkylation sites (N-methyl/N-ethyl adjacent to an activating group) is 1. The minimum atomic E-state index is -0.384. The molecule has 0 unspecified atom stereocenters. The molecule has 2 aliphatic heterocycles. The van der Waals surface area contributed by atoms with Crippen LogP contribution in [0.1, 0.15) is 58.2 Å². The van der Waals surface area contributed by atoms with E-state index < -0.39 is 0 Å². The van der Waals surface area contributed by atoms with Crippen LogP contribution >= 0.6 is 11.6 Å². The quantitative estimate of drug-likeness (QED) is 0.0981. The summed E-state index contributed by atoms with van der Waals surface area (Å²) in [5.74, 6) is 1.87. The average Bonchev–Trinajstić information content (AvgIpc) is 1.60. The Morgan fingerprint density at radius 2 is 0.831 bits per heavy atom. The van der Waals surface area contributed by atoms with Gasteiger partial charge in [-0.3, -0.25) is 9.80 Å². The highest BCUT2D eigenvalue weighted by atomic mass is 35.5. The van der Waals surface area contributed by atoms with E-state index in [-0.39, 0.29) is 28.2 Å². The van der Waals surface area contributed by atoms with Crippen LogP contribution in [0.5, 0.6) is 17.2 Å². The van der Waals surface area contributed by atoms with Gasteiger partial charge in [0.25, 0.3) is 0 Å². The molecule has 5 heterocycles. The number of fused-ring (bicyclic) bond motifs is 3. The maximum Gasteiger partial charge on any atom is 0.148 e. The molecule has 0 aliphatic carbocycles. The molecule has 0 spiro atoms. The summed E-state index contributed by atoms with van der Waals surface area (Å²) >= 11 is 6.11. The van der Waals surface area contributed by atoms with Gasteiger partial charge < -0.3 is 34.5 Å². The first-order valence-corrected chi connectivity index (χ1v) is 30.2. The van der Waals surface area contributed by atoms with Crippen LogP contribution in [0.25, 0.3) is 66.1 Å². The summed E-state index contributed by atoms with van der Waals surface area (Å²) in [5.41, 5.74) is 6.76. The predicted octanol–water partition coefficient (Wildman–Crippen LogP) is 14.9. The number of morpholine rings is 1. The molecule has 11 rings (SSSR count). The van der Waals surface area contributed by atoms with Crippen molar-refractivity contribution in [3.8, 4) is 68.8 Å². The highest BCUT2D eigenvalue weighted by Crippen LogP contribution is 2.40. The average molecular weight is 1230 g/mol. The number of aromatic nitrogens is 3. The zero-order valence-electron chi connectivity index (χ0n) is 52.3. The number of methoxy groups -OCH3 is 3. The van der Waals surface area contributed by atoms with Crippen molar-refractivity contribution in [3.05, 3.63) is 167 Å². The largest absolute Gasteiger partial charge is 0.497 e. The van der Waals surface area contributed by atoms with Gasteiger partial charge in [0.1, 0.15) is 80.8 Å². The third-order valence-electron chi connectivity index (χ3n) is 14.3. The number of rotatable bonds is 14. The number of hydrogen-bond acceptors (Lipinski definition) is 15. The van der Waals surface area contributed by atoms with Gasteiger partial charge in [-0.05, 0) is 115 Å². The minimum absolute atomic E-state index is 0.0967. The smallest absolute Gasteiger partial charge is 0.148 e. The van der Waals surface area contributed by atoms with Gasteiger partial charge in [0.2, 0.25) is 0 Å². The first-order chi connectivity index (χ1) is 43.4. The van der Waals surface area contributed by atoms with Gasteiger partial charge in [-0.15, -0.1) is 0 Å². The molecule has 15 nitrogen and oxygen atoms in total. The lowest BCUT2D eigenvalue weighted by molar-refractivity contribution is 0.0398. The van der Waals surface area contributed by atoms with Crippen LogP contribution < -0.4 is 24.8 Å². The van der Waals surface area contributed by atoms with Crippen LogP contribution in [0, 0.1) is 51.4 Å². The van der Waals surface area contributed by atoms with Crippen LogP contribution in [-0.4, -0.2) is 137 Å². The highest BCUT2D eigenvalue weighted by Gasteiger charge is 2.22. The second-order valence-electron chi connectivity index (χ2n) is 19.5.